The predicted molar refractivity (Wildman–Crippen MR) is 74.8 cm³/mol. The second-order valence-corrected chi connectivity index (χ2v) is 6.15. The van der Waals surface area contributed by atoms with E-state index in [0.29, 0.717) is 12.1 Å². The maximum Gasteiger partial charge on any atom is 0.0674 e. The molecule has 4 nitrogen and oxygen atoms in total. The van der Waals surface area contributed by atoms with Crippen LogP contribution in [-0.4, -0.2) is 60.0 Å². The molecule has 1 aliphatic heterocycles. The number of ether oxygens (including phenoxy) is 1. The van der Waals surface area contributed by atoms with Crippen molar-refractivity contribution in [2.24, 2.45) is 0 Å². The van der Waals surface area contributed by atoms with Crippen molar-refractivity contribution >= 4 is 0 Å². The number of nitrogens with zero attached hydrogens (tertiary/aromatic N) is 1. The van der Waals surface area contributed by atoms with E-state index in [1.807, 2.05) is 0 Å². The van der Waals surface area contributed by atoms with Gasteiger partial charge in [0.25, 0.3) is 0 Å². The predicted octanol–water partition coefficient (Wildman–Crippen LogP) is 1.23. The van der Waals surface area contributed by atoms with Gasteiger partial charge < -0.3 is 15.2 Å². The molecule has 4 heteroatoms. The summed E-state index contributed by atoms with van der Waals surface area (Å²) in [4.78, 5) is 2.46. The van der Waals surface area contributed by atoms with E-state index in [9.17, 15) is 5.11 Å². The molecule has 3 atom stereocenters. The Labute approximate surface area is 112 Å². The summed E-state index contributed by atoms with van der Waals surface area (Å²) in [5.41, 5.74) is -0.237. The third-order valence-electron chi connectivity index (χ3n) is 3.59. The van der Waals surface area contributed by atoms with Gasteiger partial charge in [0.15, 0.2) is 0 Å². The molecule has 0 aromatic carbocycles. The minimum absolute atomic E-state index is 0.160. The van der Waals surface area contributed by atoms with E-state index in [1.165, 1.54) is 0 Å². The number of hydrogen-bond donors (Lipinski definition) is 2. The highest BCUT2D eigenvalue weighted by Crippen LogP contribution is 2.18. The van der Waals surface area contributed by atoms with Gasteiger partial charge in [-0.1, -0.05) is 20.8 Å². The molecule has 18 heavy (non-hydrogen) atoms. The van der Waals surface area contributed by atoms with Gasteiger partial charge in [-0.3, -0.25) is 4.90 Å². The van der Waals surface area contributed by atoms with Crippen molar-refractivity contribution in [3.8, 4) is 0 Å². The smallest absolute Gasteiger partial charge is 0.0674 e. The van der Waals surface area contributed by atoms with E-state index in [1.54, 1.807) is 0 Å². The van der Waals surface area contributed by atoms with E-state index in [0.717, 1.165) is 26.1 Å². The maximum atomic E-state index is 9.67. The van der Waals surface area contributed by atoms with Crippen molar-refractivity contribution in [1.29, 1.82) is 0 Å². The average molecular weight is 258 g/mol. The van der Waals surface area contributed by atoms with Crippen LogP contribution in [0.2, 0.25) is 0 Å². The number of morpholine rings is 1. The molecule has 1 fully saturated rings. The van der Waals surface area contributed by atoms with E-state index >= 15 is 0 Å². The van der Waals surface area contributed by atoms with Crippen molar-refractivity contribution in [3.63, 3.8) is 0 Å². The molecule has 1 aliphatic rings. The number of aliphatic hydroxyl groups is 1. The lowest BCUT2D eigenvalue weighted by Gasteiger charge is -2.43. The number of hydrogen-bond acceptors (Lipinski definition) is 4. The molecule has 0 spiro atoms. The fourth-order valence-corrected chi connectivity index (χ4v) is 2.77. The molecule has 108 valence electrons. The molecule has 0 aromatic rings. The Kier molecular flexibility index (Phi) is 6.05. The zero-order chi connectivity index (χ0) is 13.8. The normalized spacial score (nSPS) is 29.5. The number of rotatable bonds is 6. The van der Waals surface area contributed by atoms with Gasteiger partial charge in [-0.25, -0.2) is 0 Å². The first-order chi connectivity index (χ1) is 8.40. The number of nitrogens with one attached hydrogen (secondary N) is 1. The highest BCUT2D eigenvalue weighted by molar-refractivity contribution is 4.91. The largest absolute Gasteiger partial charge is 0.394 e. The molecule has 1 saturated heterocycles. The van der Waals surface area contributed by atoms with Crippen molar-refractivity contribution < 1.29 is 9.84 Å². The average Bonchev–Trinajstić information content (AvgIpc) is 2.28. The standard InChI is InChI=1S/C14H30N2O2/c1-6-13-8-18-12(4)7-16(13)9-14(5,10-17)15-11(2)3/h11-13,15,17H,6-10H2,1-5H3. The molecule has 3 unspecified atom stereocenters. The number of aliphatic hydroxyl groups excluding tert-OH is 1. The second kappa shape index (κ2) is 6.85. The summed E-state index contributed by atoms with van der Waals surface area (Å²) in [5, 5.41) is 13.1. The molecular formula is C14H30N2O2. The molecule has 2 N–H and O–H groups in total. The van der Waals surface area contributed by atoms with E-state index in [2.05, 4.69) is 44.8 Å². The van der Waals surface area contributed by atoms with Gasteiger partial charge in [0, 0.05) is 25.2 Å². The lowest BCUT2D eigenvalue weighted by Crippen LogP contribution is -2.60. The van der Waals surface area contributed by atoms with Crippen LogP contribution in [-0.2, 0) is 4.74 Å². The minimum atomic E-state index is -0.237. The second-order valence-electron chi connectivity index (χ2n) is 6.15. The third-order valence-corrected chi connectivity index (χ3v) is 3.59. The van der Waals surface area contributed by atoms with Crippen LogP contribution in [0.3, 0.4) is 0 Å². The maximum absolute atomic E-state index is 9.67. The molecule has 1 rings (SSSR count). The Hall–Kier alpha value is -0.160. The topological polar surface area (TPSA) is 44.7 Å². The lowest BCUT2D eigenvalue weighted by atomic mass is 9.99. The SMILES string of the molecule is CCC1COC(C)CN1CC(C)(CO)NC(C)C. The van der Waals surface area contributed by atoms with Gasteiger partial charge in [-0.2, -0.15) is 0 Å². The fourth-order valence-electron chi connectivity index (χ4n) is 2.77. The van der Waals surface area contributed by atoms with Crippen LogP contribution in [0.25, 0.3) is 0 Å². The van der Waals surface area contributed by atoms with Gasteiger partial charge in [0.1, 0.15) is 0 Å². The van der Waals surface area contributed by atoms with Crippen molar-refractivity contribution in [2.45, 2.75) is 64.8 Å². The first-order valence-electron chi connectivity index (χ1n) is 7.14. The third kappa shape index (κ3) is 4.50. The van der Waals surface area contributed by atoms with Gasteiger partial charge in [-0.05, 0) is 20.3 Å². The summed E-state index contributed by atoms with van der Waals surface area (Å²) in [6.45, 7) is 13.4. The summed E-state index contributed by atoms with van der Waals surface area (Å²) in [5.74, 6) is 0. The fraction of sp³-hybridized carbons (Fsp3) is 1.00. The Bertz CT molecular complexity index is 248. The van der Waals surface area contributed by atoms with E-state index < -0.39 is 0 Å². The Balaban J connectivity index is 2.65. The summed E-state index contributed by atoms with van der Waals surface area (Å²) in [6.07, 6.45) is 1.38. The molecule has 1 heterocycles. The van der Waals surface area contributed by atoms with E-state index in [4.69, 9.17) is 4.74 Å². The first-order valence-corrected chi connectivity index (χ1v) is 7.14. The van der Waals surface area contributed by atoms with Crippen molar-refractivity contribution in [1.82, 2.24) is 10.2 Å². The van der Waals surface area contributed by atoms with Crippen LogP contribution >= 0.6 is 0 Å². The highest BCUT2D eigenvalue weighted by Gasteiger charge is 2.33. The van der Waals surface area contributed by atoms with Gasteiger partial charge in [-0.15, -0.1) is 0 Å². The molecule has 0 amide bonds. The Morgan fingerprint density at radius 2 is 2.17 bits per heavy atom. The molecular weight excluding hydrogens is 228 g/mol. The summed E-state index contributed by atoms with van der Waals surface area (Å²) in [6, 6.07) is 0.849. The summed E-state index contributed by atoms with van der Waals surface area (Å²) < 4.78 is 5.72. The highest BCUT2D eigenvalue weighted by atomic mass is 16.5. The van der Waals surface area contributed by atoms with Crippen molar-refractivity contribution in [2.75, 3.05) is 26.3 Å². The van der Waals surface area contributed by atoms with Crippen LogP contribution in [0.15, 0.2) is 0 Å². The monoisotopic (exact) mass is 258 g/mol. The summed E-state index contributed by atoms with van der Waals surface area (Å²) in [7, 11) is 0. The molecule has 0 radical (unpaired) electrons. The van der Waals surface area contributed by atoms with Crippen LogP contribution in [0.1, 0.15) is 41.0 Å². The van der Waals surface area contributed by atoms with Crippen LogP contribution < -0.4 is 5.32 Å². The lowest BCUT2D eigenvalue weighted by molar-refractivity contribution is -0.0672. The van der Waals surface area contributed by atoms with Crippen LogP contribution in [0.5, 0.6) is 0 Å². The molecule has 0 aromatic heterocycles. The van der Waals surface area contributed by atoms with Gasteiger partial charge >= 0.3 is 0 Å². The molecule has 0 aliphatic carbocycles. The zero-order valence-corrected chi connectivity index (χ0v) is 12.6. The zero-order valence-electron chi connectivity index (χ0n) is 12.6. The molecule has 0 bridgehead atoms. The Morgan fingerprint density at radius 1 is 1.50 bits per heavy atom. The minimum Gasteiger partial charge on any atom is -0.394 e. The van der Waals surface area contributed by atoms with Crippen LogP contribution in [0, 0.1) is 0 Å². The first kappa shape index (κ1) is 15.9. The quantitative estimate of drug-likeness (QED) is 0.752. The molecule has 0 saturated carbocycles. The van der Waals surface area contributed by atoms with Gasteiger partial charge in [0.2, 0.25) is 0 Å². The Morgan fingerprint density at radius 3 is 2.67 bits per heavy atom. The van der Waals surface area contributed by atoms with E-state index in [-0.39, 0.29) is 18.2 Å². The summed E-state index contributed by atoms with van der Waals surface area (Å²) >= 11 is 0. The van der Waals surface area contributed by atoms with Gasteiger partial charge in [0.05, 0.1) is 24.9 Å². The van der Waals surface area contributed by atoms with Crippen molar-refractivity contribution in [3.05, 3.63) is 0 Å². The van der Waals surface area contributed by atoms with Crippen LogP contribution in [0.4, 0.5) is 0 Å².